The predicted octanol–water partition coefficient (Wildman–Crippen LogP) is 3.17. The summed E-state index contributed by atoms with van der Waals surface area (Å²) in [6, 6.07) is 0. The van der Waals surface area contributed by atoms with Gasteiger partial charge in [0.15, 0.2) is 0 Å². The maximum atomic E-state index is 4.25. The van der Waals surface area contributed by atoms with Gasteiger partial charge in [-0.25, -0.2) is 0 Å². The van der Waals surface area contributed by atoms with Gasteiger partial charge in [0, 0.05) is 14.2 Å². The largest absolute Gasteiger partial charge is 0.388 e. The minimum atomic E-state index is 1.32. The summed E-state index contributed by atoms with van der Waals surface area (Å²) >= 11 is 0. The number of piperidine rings is 1. The monoisotopic (exact) mass is 203 g/mol. The van der Waals surface area contributed by atoms with Crippen molar-refractivity contribution in [3.63, 3.8) is 0 Å². The first-order valence-electron chi connectivity index (χ1n) is 5.81. The maximum Gasteiger partial charge on any atom is 0.0351 e. The summed E-state index contributed by atoms with van der Waals surface area (Å²) in [6.45, 7) is 7.00. The molecule has 14 heavy (non-hydrogen) atoms. The number of rotatable bonds is 1. The highest BCUT2D eigenvalue weighted by atomic mass is 16.4. The zero-order valence-corrected chi connectivity index (χ0v) is 10.8. The second-order valence-corrected chi connectivity index (χ2v) is 3.77. The lowest BCUT2D eigenvalue weighted by Crippen LogP contribution is -2.24. The van der Waals surface area contributed by atoms with Crippen LogP contribution in [0.5, 0.6) is 0 Å². The lowest BCUT2D eigenvalue weighted by atomic mass is 10.1. The van der Waals surface area contributed by atoms with Crippen LogP contribution in [0.15, 0.2) is 0 Å². The van der Waals surface area contributed by atoms with E-state index in [9.17, 15) is 0 Å². The third-order valence-corrected chi connectivity index (χ3v) is 2.08. The Kier molecular flexibility index (Phi) is 18.0. The minimum absolute atomic E-state index is 1.32. The maximum absolute atomic E-state index is 4.25. The molecule has 0 unspecified atom stereocenters. The van der Waals surface area contributed by atoms with Gasteiger partial charge in [0.1, 0.15) is 0 Å². The smallest absolute Gasteiger partial charge is 0.0351 e. The van der Waals surface area contributed by atoms with Gasteiger partial charge in [-0.15, -0.1) is 0 Å². The standard InChI is InChI=1S/C6H13N.C4H10.C2H6O/c1-7-5-3-2-4-6-7;1-3-4-2;1-3-2/h2-6H2,1H3;3-4H2,1-2H3;1-2H3. The molecule has 2 heteroatoms. The summed E-state index contributed by atoms with van der Waals surface area (Å²) in [5, 5.41) is 0. The van der Waals surface area contributed by atoms with Crippen molar-refractivity contribution in [2.75, 3.05) is 34.4 Å². The normalized spacial score (nSPS) is 16.1. The molecule has 0 amide bonds. The number of likely N-dealkylation sites (tertiary alicyclic amines) is 1. The van der Waals surface area contributed by atoms with E-state index >= 15 is 0 Å². The van der Waals surface area contributed by atoms with Crippen molar-refractivity contribution in [2.24, 2.45) is 0 Å². The number of ether oxygens (including phenoxy) is 1. The fourth-order valence-electron chi connectivity index (χ4n) is 1.05. The highest BCUT2D eigenvalue weighted by molar-refractivity contribution is 4.58. The summed E-state index contributed by atoms with van der Waals surface area (Å²) in [6.07, 6.45) is 6.91. The SMILES string of the molecule is CCCC.CN1CCCCC1.COC. The summed E-state index contributed by atoms with van der Waals surface area (Å²) in [4.78, 5) is 2.39. The average molecular weight is 203 g/mol. The predicted molar refractivity (Wildman–Crippen MR) is 64.9 cm³/mol. The molecular formula is C12H29NO. The lowest BCUT2D eigenvalue weighted by molar-refractivity contribution is 0.277. The van der Waals surface area contributed by atoms with Gasteiger partial charge in [-0.05, 0) is 33.0 Å². The summed E-state index contributed by atoms with van der Waals surface area (Å²) < 4.78 is 4.25. The Morgan fingerprint density at radius 3 is 1.43 bits per heavy atom. The molecule has 0 aliphatic carbocycles. The average Bonchev–Trinajstić information content (AvgIpc) is 2.21. The number of nitrogens with zero attached hydrogens (tertiary/aromatic N) is 1. The highest BCUT2D eigenvalue weighted by Crippen LogP contribution is 2.04. The summed E-state index contributed by atoms with van der Waals surface area (Å²) in [5.74, 6) is 0. The van der Waals surface area contributed by atoms with Crippen molar-refractivity contribution in [3.8, 4) is 0 Å². The van der Waals surface area contributed by atoms with Crippen LogP contribution in [0.25, 0.3) is 0 Å². The Morgan fingerprint density at radius 1 is 0.929 bits per heavy atom. The molecule has 1 aliphatic heterocycles. The molecular weight excluding hydrogens is 174 g/mol. The van der Waals surface area contributed by atoms with Crippen LogP contribution < -0.4 is 0 Å². The zero-order valence-electron chi connectivity index (χ0n) is 10.8. The first kappa shape index (κ1) is 16.4. The molecule has 1 saturated heterocycles. The van der Waals surface area contributed by atoms with E-state index < -0.39 is 0 Å². The molecule has 0 aromatic heterocycles. The molecule has 0 saturated carbocycles. The molecule has 0 aromatic carbocycles. The van der Waals surface area contributed by atoms with Crippen LogP contribution in [0.3, 0.4) is 0 Å². The van der Waals surface area contributed by atoms with E-state index in [1.165, 1.54) is 45.2 Å². The number of hydrogen-bond acceptors (Lipinski definition) is 2. The number of methoxy groups -OCH3 is 1. The molecule has 1 heterocycles. The fourth-order valence-corrected chi connectivity index (χ4v) is 1.05. The second kappa shape index (κ2) is 15.4. The Morgan fingerprint density at radius 2 is 1.29 bits per heavy atom. The van der Waals surface area contributed by atoms with Crippen LogP contribution in [-0.4, -0.2) is 39.3 Å². The van der Waals surface area contributed by atoms with Gasteiger partial charge in [-0.2, -0.15) is 0 Å². The molecule has 2 nitrogen and oxygen atoms in total. The van der Waals surface area contributed by atoms with Crippen LogP contribution in [0.1, 0.15) is 46.0 Å². The van der Waals surface area contributed by atoms with E-state index in [0.29, 0.717) is 0 Å². The lowest BCUT2D eigenvalue weighted by Gasteiger charge is -2.20. The van der Waals surface area contributed by atoms with Gasteiger partial charge in [-0.1, -0.05) is 33.1 Å². The molecule has 88 valence electrons. The Labute approximate surface area is 90.6 Å². The van der Waals surface area contributed by atoms with Gasteiger partial charge in [0.05, 0.1) is 0 Å². The van der Waals surface area contributed by atoms with Crippen LogP contribution in [0, 0.1) is 0 Å². The van der Waals surface area contributed by atoms with Gasteiger partial charge < -0.3 is 9.64 Å². The van der Waals surface area contributed by atoms with Crippen molar-refractivity contribution in [2.45, 2.75) is 46.0 Å². The van der Waals surface area contributed by atoms with Crippen molar-refractivity contribution >= 4 is 0 Å². The third kappa shape index (κ3) is 17.9. The van der Waals surface area contributed by atoms with Crippen molar-refractivity contribution < 1.29 is 4.74 Å². The van der Waals surface area contributed by atoms with Crippen LogP contribution in [-0.2, 0) is 4.74 Å². The third-order valence-electron chi connectivity index (χ3n) is 2.08. The Bertz CT molecular complexity index is 78.4. The van der Waals surface area contributed by atoms with Crippen LogP contribution in [0.2, 0.25) is 0 Å². The number of hydrogen-bond donors (Lipinski definition) is 0. The Hall–Kier alpha value is -0.0800. The molecule has 0 aromatic rings. The van der Waals surface area contributed by atoms with E-state index in [0.717, 1.165) is 0 Å². The molecule has 1 aliphatic rings. The summed E-state index contributed by atoms with van der Waals surface area (Å²) in [7, 11) is 5.44. The van der Waals surface area contributed by atoms with Crippen molar-refractivity contribution in [1.82, 2.24) is 4.90 Å². The topological polar surface area (TPSA) is 12.5 Å². The van der Waals surface area contributed by atoms with E-state index in [2.05, 4.69) is 30.5 Å². The first-order valence-corrected chi connectivity index (χ1v) is 5.81. The number of unbranched alkanes of at least 4 members (excludes halogenated alkanes) is 1. The van der Waals surface area contributed by atoms with Gasteiger partial charge >= 0.3 is 0 Å². The molecule has 0 atom stereocenters. The van der Waals surface area contributed by atoms with Gasteiger partial charge in [-0.3, -0.25) is 0 Å². The summed E-state index contributed by atoms with van der Waals surface area (Å²) in [5.41, 5.74) is 0. The second-order valence-electron chi connectivity index (χ2n) is 3.77. The molecule has 0 bridgehead atoms. The molecule has 0 radical (unpaired) electrons. The molecule has 1 fully saturated rings. The van der Waals surface area contributed by atoms with E-state index in [4.69, 9.17) is 0 Å². The quantitative estimate of drug-likeness (QED) is 0.649. The van der Waals surface area contributed by atoms with Gasteiger partial charge in [0.25, 0.3) is 0 Å². The molecule has 1 rings (SSSR count). The zero-order chi connectivity index (χ0) is 11.2. The molecule has 0 spiro atoms. The van der Waals surface area contributed by atoms with Crippen molar-refractivity contribution in [3.05, 3.63) is 0 Å². The van der Waals surface area contributed by atoms with E-state index in [1.54, 1.807) is 14.2 Å². The van der Waals surface area contributed by atoms with Crippen LogP contribution in [0.4, 0.5) is 0 Å². The highest BCUT2D eigenvalue weighted by Gasteiger charge is 2.02. The Balaban J connectivity index is 0. The van der Waals surface area contributed by atoms with Gasteiger partial charge in [0.2, 0.25) is 0 Å². The van der Waals surface area contributed by atoms with Crippen LogP contribution >= 0.6 is 0 Å². The minimum Gasteiger partial charge on any atom is -0.388 e. The van der Waals surface area contributed by atoms with E-state index in [1.807, 2.05) is 0 Å². The van der Waals surface area contributed by atoms with E-state index in [-0.39, 0.29) is 0 Å². The molecule has 0 N–H and O–H groups in total. The van der Waals surface area contributed by atoms with Crippen molar-refractivity contribution in [1.29, 1.82) is 0 Å². The fraction of sp³-hybridized carbons (Fsp3) is 1.00. The first-order chi connectivity index (χ1) is 6.72.